The lowest BCUT2D eigenvalue weighted by Gasteiger charge is -2.10. The molecule has 0 fully saturated rings. The first kappa shape index (κ1) is 19.5. The summed E-state index contributed by atoms with van der Waals surface area (Å²) in [5, 5.41) is 0.540. The fourth-order valence-corrected chi connectivity index (χ4v) is 4.42. The van der Waals surface area contributed by atoms with Crippen molar-refractivity contribution < 1.29 is 13.2 Å². The molecular weight excluding hydrogens is 404 g/mol. The summed E-state index contributed by atoms with van der Waals surface area (Å²) in [6, 6.07) is 25.0. The Labute approximate surface area is 175 Å². The van der Waals surface area contributed by atoms with Crippen LogP contribution < -0.4 is 4.74 Å². The van der Waals surface area contributed by atoms with Gasteiger partial charge in [0.15, 0.2) is 9.84 Å². The van der Waals surface area contributed by atoms with Crippen LogP contribution >= 0.6 is 11.6 Å². The van der Waals surface area contributed by atoms with E-state index in [2.05, 4.69) is 18.2 Å². The summed E-state index contributed by atoms with van der Waals surface area (Å²) in [5.41, 5.74) is 6.18. The van der Waals surface area contributed by atoms with E-state index in [1.807, 2.05) is 48.5 Å². The van der Waals surface area contributed by atoms with Crippen molar-refractivity contribution in [1.82, 2.24) is 0 Å². The summed E-state index contributed by atoms with van der Waals surface area (Å²) >= 11 is 6.40. The summed E-state index contributed by atoms with van der Waals surface area (Å²) in [7, 11) is -1.65. The molecule has 0 spiro atoms. The van der Waals surface area contributed by atoms with Crippen molar-refractivity contribution in [2.45, 2.75) is 4.90 Å². The van der Waals surface area contributed by atoms with E-state index >= 15 is 0 Å². The standard InChI is InChI=1S/C24H19ClO3S/c1-28-23-13-10-18(15-22(23)25)24-20-7-5-3-4-6-17(20)14-21(24)16-8-11-19(12-9-16)29(2,26)27/h3-15H,1-2H3. The highest BCUT2D eigenvalue weighted by molar-refractivity contribution is 7.90. The zero-order valence-electron chi connectivity index (χ0n) is 16.0. The quantitative estimate of drug-likeness (QED) is 0.393. The smallest absolute Gasteiger partial charge is 0.175 e. The molecule has 0 amide bonds. The average Bonchev–Trinajstić information content (AvgIpc) is 2.90. The Bertz CT molecular complexity index is 1260. The summed E-state index contributed by atoms with van der Waals surface area (Å²) in [4.78, 5) is 0.304. The van der Waals surface area contributed by atoms with E-state index in [1.165, 1.54) is 6.26 Å². The van der Waals surface area contributed by atoms with Gasteiger partial charge in [0.1, 0.15) is 5.75 Å². The molecule has 0 aliphatic heterocycles. The van der Waals surface area contributed by atoms with Crippen molar-refractivity contribution >= 4 is 21.4 Å². The Balaban J connectivity index is 1.96. The first-order chi connectivity index (χ1) is 13.9. The molecule has 0 aromatic heterocycles. The van der Waals surface area contributed by atoms with Crippen molar-refractivity contribution in [3.63, 3.8) is 0 Å². The SMILES string of the molecule is COc1ccc(-c2c3cccccc-3cc2-c2ccc(S(C)(=O)=O)cc2)cc1Cl. The molecule has 4 rings (SSSR count). The van der Waals surface area contributed by atoms with Crippen LogP contribution in [0.5, 0.6) is 5.75 Å². The Morgan fingerprint density at radius 2 is 1.45 bits per heavy atom. The van der Waals surface area contributed by atoms with Gasteiger partial charge in [0.25, 0.3) is 0 Å². The Morgan fingerprint density at radius 3 is 2.10 bits per heavy atom. The number of hydrogen-bond acceptors (Lipinski definition) is 3. The summed E-state index contributed by atoms with van der Waals surface area (Å²) in [6.07, 6.45) is 1.21. The van der Waals surface area contributed by atoms with E-state index in [4.69, 9.17) is 16.3 Å². The van der Waals surface area contributed by atoms with E-state index in [-0.39, 0.29) is 0 Å². The molecule has 0 N–H and O–H groups in total. The van der Waals surface area contributed by atoms with Crippen LogP contribution in [0, 0.1) is 0 Å². The van der Waals surface area contributed by atoms with Crippen molar-refractivity contribution in [2.24, 2.45) is 0 Å². The predicted octanol–water partition coefficient (Wildman–Crippen LogP) is 6.19. The number of ether oxygens (including phenoxy) is 1. The molecule has 2 aromatic rings. The van der Waals surface area contributed by atoms with Gasteiger partial charge in [-0.15, -0.1) is 0 Å². The molecule has 0 saturated carbocycles. The number of benzene rings is 2. The molecule has 2 aromatic carbocycles. The lowest BCUT2D eigenvalue weighted by atomic mass is 9.96. The monoisotopic (exact) mass is 422 g/mol. The van der Waals surface area contributed by atoms with Gasteiger partial charge in [0.2, 0.25) is 0 Å². The highest BCUT2D eigenvalue weighted by atomic mass is 35.5. The molecule has 0 radical (unpaired) electrons. The van der Waals surface area contributed by atoms with Crippen LogP contribution in [0.4, 0.5) is 0 Å². The topological polar surface area (TPSA) is 43.4 Å². The molecule has 0 atom stereocenters. The van der Waals surface area contributed by atoms with E-state index < -0.39 is 9.84 Å². The van der Waals surface area contributed by atoms with E-state index in [1.54, 1.807) is 19.2 Å². The summed E-state index contributed by atoms with van der Waals surface area (Å²) in [5.74, 6) is 0.621. The van der Waals surface area contributed by atoms with Gasteiger partial charge in [-0.05, 0) is 63.7 Å². The summed E-state index contributed by atoms with van der Waals surface area (Å²) in [6.45, 7) is 0. The number of hydrogen-bond donors (Lipinski definition) is 0. The van der Waals surface area contributed by atoms with Crippen molar-refractivity contribution in [3.05, 3.63) is 83.9 Å². The third-order valence-corrected chi connectivity index (χ3v) is 6.37. The fourth-order valence-electron chi connectivity index (χ4n) is 3.53. The van der Waals surface area contributed by atoms with Crippen LogP contribution in [0.3, 0.4) is 0 Å². The molecule has 0 bridgehead atoms. The zero-order chi connectivity index (χ0) is 20.6. The number of rotatable bonds is 4. The first-order valence-corrected chi connectivity index (χ1v) is 11.3. The maximum atomic E-state index is 11.8. The molecule has 0 heterocycles. The van der Waals surface area contributed by atoms with Crippen molar-refractivity contribution in [3.8, 4) is 39.1 Å². The molecular formula is C24H19ClO3S. The average molecular weight is 423 g/mol. The van der Waals surface area contributed by atoms with Gasteiger partial charge >= 0.3 is 0 Å². The number of halogens is 1. The molecule has 29 heavy (non-hydrogen) atoms. The third-order valence-electron chi connectivity index (χ3n) is 4.94. The number of methoxy groups -OCH3 is 1. The molecule has 0 saturated heterocycles. The number of sulfone groups is 1. The van der Waals surface area contributed by atoms with Crippen molar-refractivity contribution in [1.29, 1.82) is 0 Å². The van der Waals surface area contributed by atoms with Gasteiger partial charge in [-0.1, -0.05) is 60.1 Å². The maximum Gasteiger partial charge on any atom is 0.175 e. The second kappa shape index (κ2) is 7.54. The molecule has 5 heteroatoms. The van der Waals surface area contributed by atoms with Crippen LogP contribution in [-0.2, 0) is 9.84 Å². The van der Waals surface area contributed by atoms with Crippen LogP contribution in [0.2, 0.25) is 5.02 Å². The predicted molar refractivity (Wildman–Crippen MR) is 119 cm³/mol. The first-order valence-electron chi connectivity index (χ1n) is 9.04. The highest BCUT2D eigenvalue weighted by Gasteiger charge is 2.19. The van der Waals surface area contributed by atoms with E-state index in [0.717, 1.165) is 33.4 Å². The molecule has 2 aliphatic carbocycles. The Kier molecular flexibility index (Phi) is 5.07. The normalized spacial score (nSPS) is 11.6. The van der Waals surface area contributed by atoms with Crippen LogP contribution in [0.25, 0.3) is 33.4 Å². The summed E-state index contributed by atoms with van der Waals surface area (Å²) < 4.78 is 28.9. The fraction of sp³-hybridized carbons (Fsp3) is 0.0833. The Morgan fingerprint density at radius 1 is 0.759 bits per heavy atom. The van der Waals surface area contributed by atoms with Gasteiger partial charge in [-0.2, -0.15) is 0 Å². The maximum absolute atomic E-state index is 11.8. The molecule has 146 valence electrons. The van der Waals surface area contributed by atoms with Gasteiger partial charge in [0, 0.05) is 6.26 Å². The largest absolute Gasteiger partial charge is 0.495 e. The molecule has 0 unspecified atom stereocenters. The number of fused-ring (bicyclic) bond motifs is 1. The third kappa shape index (κ3) is 3.74. The minimum Gasteiger partial charge on any atom is -0.495 e. The zero-order valence-corrected chi connectivity index (χ0v) is 17.6. The van der Waals surface area contributed by atoms with Gasteiger partial charge in [-0.25, -0.2) is 8.42 Å². The molecule has 2 aliphatic rings. The van der Waals surface area contributed by atoms with E-state index in [0.29, 0.717) is 15.7 Å². The highest BCUT2D eigenvalue weighted by Crippen LogP contribution is 2.45. The molecule has 3 nitrogen and oxygen atoms in total. The van der Waals surface area contributed by atoms with Gasteiger partial charge in [0.05, 0.1) is 17.0 Å². The second-order valence-electron chi connectivity index (χ2n) is 6.86. The minimum atomic E-state index is -3.24. The lowest BCUT2D eigenvalue weighted by Crippen LogP contribution is -1.96. The van der Waals surface area contributed by atoms with E-state index in [9.17, 15) is 8.42 Å². The van der Waals surface area contributed by atoms with Crippen LogP contribution in [-0.4, -0.2) is 21.8 Å². The second-order valence-corrected chi connectivity index (χ2v) is 9.28. The Hall–Kier alpha value is -2.82. The van der Waals surface area contributed by atoms with Crippen LogP contribution in [0.1, 0.15) is 0 Å². The van der Waals surface area contributed by atoms with Gasteiger partial charge < -0.3 is 4.74 Å². The van der Waals surface area contributed by atoms with Gasteiger partial charge in [-0.3, -0.25) is 0 Å². The van der Waals surface area contributed by atoms with Crippen LogP contribution in [0.15, 0.2) is 83.8 Å². The minimum absolute atomic E-state index is 0.304. The lowest BCUT2D eigenvalue weighted by molar-refractivity contribution is 0.415. The van der Waals surface area contributed by atoms with Crippen molar-refractivity contribution in [2.75, 3.05) is 13.4 Å².